The van der Waals surface area contributed by atoms with Crippen LogP contribution in [0.15, 0.2) is 11.6 Å². The van der Waals surface area contributed by atoms with Gasteiger partial charge in [-0.3, -0.25) is 0 Å². The van der Waals surface area contributed by atoms with E-state index in [0.29, 0.717) is 33.0 Å². The number of hydrogen-bond donors (Lipinski definition) is 1. The van der Waals surface area contributed by atoms with Gasteiger partial charge in [-0.1, -0.05) is 73.5 Å². The van der Waals surface area contributed by atoms with Crippen LogP contribution in [0.1, 0.15) is 120 Å². The monoisotopic (exact) mass is 426 g/mol. The van der Waals surface area contributed by atoms with Crippen molar-refractivity contribution in [1.82, 2.24) is 0 Å². The summed E-state index contributed by atoms with van der Waals surface area (Å²) in [4.78, 5) is 0. The molecule has 0 amide bonds. The molecule has 0 spiro atoms. The molecule has 0 aromatic carbocycles. The Morgan fingerprint density at radius 3 is 2.16 bits per heavy atom. The quantitative estimate of drug-likeness (QED) is 0.387. The standard InChI is InChI=1S/C30H50O/c1-25(2)15-9-10-20-21-11-12-23-27(5)16-14-24(31)26(3,4)22(27)13-17-30(23,8)29(21,7)19-18-28(20,25)6/h11,20,22-24,31H,9-10,12-19H2,1-8H3. The lowest BCUT2D eigenvalue weighted by molar-refractivity contribution is -0.205. The predicted octanol–water partition coefficient (Wildman–Crippen LogP) is 8.17. The highest BCUT2D eigenvalue weighted by molar-refractivity contribution is 5.34. The molecule has 0 saturated heterocycles. The van der Waals surface area contributed by atoms with Gasteiger partial charge < -0.3 is 5.11 Å². The Hall–Kier alpha value is -0.300. The fraction of sp³-hybridized carbons (Fsp3) is 0.933. The molecular weight excluding hydrogens is 376 g/mol. The summed E-state index contributed by atoms with van der Waals surface area (Å²) >= 11 is 0. The molecule has 1 nitrogen and oxygen atoms in total. The van der Waals surface area contributed by atoms with Crippen LogP contribution in [-0.4, -0.2) is 11.2 Å². The first-order chi connectivity index (χ1) is 14.2. The molecule has 0 bridgehead atoms. The lowest BCUT2D eigenvalue weighted by atomic mass is 9.33. The van der Waals surface area contributed by atoms with Crippen LogP contribution in [0.4, 0.5) is 0 Å². The average molecular weight is 427 g/mol. The van der Waals surface area contributed by atoms with Crippen molar-refractivity contribution in [3.63, 3.8) is 0 Å². The third-order valence-electron chi connectivity index (χ3n) is 13.6. The van der Waals surface area contributed by atoms with E-state index in [1.807, 2.05) is 5.57 Å². The molecule has 8 atom stereocenters. The zero-order valence-electron chi connectivity index (χ0n) is 21.9. The van der Waals surface area contributed by atoms with Gasteiger partial charge in [-0.05, 0) is 108 Å². The van der Waals surface area contributed by atoms with Crippen LogP contribution >= 0.6 is 0 Å². The molecule has 5 aliphatic rings. The van der Waals surface area contributed by atoms with E-state index in [2.05, 4.69) is 61.5 Å². The van der Waals surface area contributed by atoms with Gasteiger partial charge in [-0.2, -0.15) is 0 Å². The van der Waals surface area contributed by atoms with E-state index in [1.54, 1.807) is 0 Å². The SMILES string of the molecule is CC1(C)C(O)CCC2(C)C1CCC1(C)C2CC=C2C3CCCC(C)(C)C3(C)CCC21C. The zero-order valence-corrected chi connectivity index (χ0v) is 21.9. The minimum absolute atomic E-state index is 0.0533. The summed E-state index contributed by atoms with van der Waals surface area (Å²) in [6, 6.07) is 0. The van der Waals surface area contributed by atoms with Crippen LogP contribution in [0.25, 0.3) is 0 Å². The van der Waals surface area contributed by atoms with Crippen molar-refractivity contribution in [2.75, 3.05) is 0 Å². The van der Waals surface area contributed by atoms with Crippen molar-refractivity contribution < 1.29 is 5.11 Å². The highest BCUT2D eigenvalue weighted by Gasteiger charge is 2.68. The molecule has 5 rings (SSSR count). The van der Waals surface area contributed by atoms with Gasteiger partial charge >= 0.3 is 0 Å². The summed E-state index contributed by atoms with van der Waals surface area (Å²) in [6.07, 6.45) is 15.9. The topological polar surface area (TPSA) is 20.2 Å². The summed E-state index contributed by atoms with van der Waals surface area (Å²) in [6.45, 7) is 20.5. The van der Waals surface area contributed by atoms with E-state index in [-0.39, 0.29) is 11.5 Å². The number of aliphatic hydroxyl groups is 1. The Balaban J connectivity index is 1.58. The zero-order chi connectivity index (χ0) is 22.7. The molecule has 5 aliphatic carbocycles. The van der Waals surface area contributed by atoms with Gasteiger partial charge in [0.15, 0.2) is 0 Å². The normalized spacial score (nSPS) is 55.2. The molecule has 0 aromatic heterocycles. The van der Waals surface area contributed by atoms with E-state index >= 15 is 0 Å². The maximum atomic E-state index is 10.9. The highest BCUT2D eigenvalue weighted by Crippen LogP contribution is 2.76. The molecule has 4 saturated carbocycles. The Morgan fingerprint density at radius 1 is 0.742 bits per heavy atom. The number of rotatable bonds is 0. The third-order valence-corrected chi connectivity index (χ3v) is 13.6. The van der Waals surface area contributed by atoms with Gasteiger partial charge in [0.05, 0.1) is 6.10 Å². The maximum absolute atomic E-state index is 10.9. The van der Waals surface area contributed by atoms with Crippen LogP contribution in [-0.2, 0) is 0 Å². The molecule has 1 heteroatoms. The van der Waals surface area contributed by atoms with Crippen LogP contribution < -0.4 is 0 Å². The summed E-state index contributed by atoms with van der Waals surface area (Å²) in [5.41, 5.74) is 4.00. The third kappa shape index (κ3) is 2.54. The van der Waals surface area contributed by atoms with Crippen molar-refractivity contribution in [3.8, 4) is 0 Å². The van der Waals surface area contributed by atoms with E-state index in [4.69, 9.17) is 0 Å². The van der Waals surface area contributed by atoms with E-state index in [1.165, 1.54) is 57.8 Å². The number of allylic oxidation sites excluding steroid dienone is 2. The van der Waals surface area contributed by atoms with Crippen molar-refractivity contribution in [1.29, 1.82) is 0 Å². The summed E-state index contributed by atoms with van der Waals surface area (Å²) in [7, 11) is 0. The first-order valence-electron chi connectivity index (χ1n) is 13.6. The fourth-order valence-electron chi connectivity index (χ4n) is 10.8. The van der Waals surface area contributed by atoms with E-state index < -0.39 is 0 Å². The van der Waals surface area contributed by atoms with Gasteiger partial charge in [0.2, 0.25) is 0 Å². The van der Waals surface area contributed by atoms with Crippen LogP contribution in [0.2, 0.25) is 0 Å². The van der Waals surface area contributed by atoms with Crippen LogP contribution in [0, 0.1) is 50.2 Å². The first kappa shape index (κ1) is 22.5. The summed E-state index contributed by atoms with van der Waals surface area (Å²) in [5, 5.41) is 10.9. The molecule has 8 unspecified atom stereocenters. The molecule has 0 aromatic rings. The Bertz CT molecular complexity index is 790. The van der Waals surface area contributed by atoms with Gasteiger partial charge in [0, 0.05) is 0 Å². The second-order valence-electron chi connectivity index (χ2n) is 14.9. The molecule has 0 heterocycles. The van der Waals surface area contributed by atoms with E-state index in [9.17, 15) is 5.11 Å². The lowest BCUT2D eigenvalue weighted by Gasteiger charge is -2.72. The molecule has 0 aliphatic heterocycles. The van der Waals surface area contributed by atoms with Crippen molar-refractivity contribution in [2.45, 2.75) is 126 Å². The molecule has 1 N–H and O–H groups in total. The van der Waals surface area contributed by atoms with Crippen molar-refractivity contribution in [3.05, 3.63) is 11.6 Å². The van der Waals surface area contributed by atoms with Gasteiger partial charge in [-0.15, -0.1) is 0 Å². The minimum Gasteiger partial charge on any atom is -0.393 e. The minimum atomic E-state index is -0.125. The Labute approximate surface area is 192 Å². The van der Waals surface area contributed by atoms with E-state index in [0.717, 1.165) is 18.3 Å². The average Bonchev–Trinajstić information content (AvgIpc) is 2.67. The van der Waals surface area contributed by atoms with Gasteiger partial charge in [0.25, 0.3) is 0 Å². The second kappa shape index (κ2) is 6.43. The molecule has 176 valence electrons. The largest absolute Gasteiger partial charge is 0.393 e. The molecule has 0 radical (unpaired) electrons. The Kier molecular flexibility index (Phi) is 4.66. The molecule has 4 fully saturated rings. The first-order valence-corrected chi connectivity index (χ1v) is 13.6. The van der Waals surface area contributed by atoms with Gasteiger partial charge in [-0.25, -0.2) is 0 Å². The molecule has 31 heavy (non-hydrogen) atoms. The summed E-state index contributed by atoms with van der Waals surface area (Å²) < 4.78 is 0. The number of aliphatic hydroxyl groups excluding tert-OH is 1. The van der Waals surface area contributed by atoms with Gasteiger partial charge in [0.1, 0.15) is 0 Å². The highest BCUT2D eigenvalue weighted by atomic mass is 16.3. The lowest BCUT2D eigenvalue weighted by Crippen LogP contribution is -2.65. The number of fused-ring (bicyclic) bond motifs is 7. The molecular formula is C30H50O. The van der Waals surface area contributed by atoms with Crippen LogP contribution in [0.3, 0.4) is 0 Å². The van der Waals surface area contributed by atoms with Crippen LogP contribution in [0.5, 0.6) is 0 Å². The fourth-order valence-corrected chi connectivity index (χ4v) is 10.8. The summed E-state index contributed by atoms with van der Waals surface area (Å²) in [5.74, 6) is 2.21. The predicted molar refractivity (Wildman–Crippen MR) is 131 cm³/mol. The van der Waals surface area contributed by atoms with Crippen molar-refractivity contribution in [2.24, 2.45) is 50.2 Å². The smallest absolute Gasteiger partial charge is 0.0594 e. The number of hydrogen-bond acceptors (Lipinski definition) is 1. The van der Waals surface area contributed by atoms with Crippen molar-refractivity contribution >= 4 is 0 Å². The maximum Gasteiger partial charge on any atom is 0.0594 e. The second-order valence-corrected chi connectivity index (χ2v) is 14.9. The Morgan fingerprint density at radius 2 is 1.45 bits per heavy atom.